The lowest BCUT2D eigenvalue weighted by molar-refractivity contribution is -0.133. The second kappa shape index (κ2) is 6.30. The summed E-state index contributed by atoms with van der Waals surface area (Å²) in [6.07, 6.45) is 0.366. The van der Waals surface area contributed by atoms with Crippen LogP contribution in [0.2, 0.25) is 10.0 Å². The largest absolute Gasteiger partial charge is 0.375 e. The number of fused-ring (bicyclic) bond motifs is 1. The Kier molecular flexibility index (Phi) is 4.29. The molecule has 3 atom stereocenters. The van der Waals surface area contributed by atoms with Gasteiger partial charge in [-0.15, -0.1) is 0 Å². The van der Waals surface area contributed by atoms with Crippen LogP contribution in [-0.2, 0) is 10.4 Å². The minimum atomic E-state index is -2.16. The third kappa shape index (κ3) is 2.94. The van der Waals surface area contributed by atoms with Crippen molar-refractivity contribution in [1.82, 2.24) is 0 Å². The van der Waals surface area contributed by atoms with E-state index in [-0.39, 0.29) is 32.8 Å². The number of amides is 1. The monoisotopic (exact) mass is 407 g/mol. The molecule has 27 heavy (non-hydrogen) atoms. The van der Waals surface area contributed by atoms with Crippen molar-refractivity contribution in [3.8, 4) is 0 Å². The third-order valence-corrected chi connectivity index (χ3v) is 6.01. The molecule has 0 spiro atoms. The molecule has 0 saturated heterocycles. The maximum absolute atomic E-state index is 14.4. The molecule has 1 aliphatic heterocycles. The molecule has 2 aromatic carbocycles. The van der Waals surface area contributed by atoms with Crippen LogP contribution in [-0.4, -0.2) is 16.8 Å². The first-order chi connectivity index (χ1) is 12.7. The van der Waals surface area contributed by atoms with Crippen LogP contribution in [0.15, 0.2) is 30.3 Å². The van der Waals surface area contributed by atoms with Crippen LogP contribution < -0.4 is 5.32 Å². The van der Waals surface area contributed by atoms with Crippen molar-refractivity contribution in [3.05, 3.63) is 62.9 Å². The molecule has 4 nitrogen and oxygen atoms in total. The first-order valence-electron chi connectivity index (χ1n) is 8.57. The number of hydrogen-bond donors (Lipinski definition) is 2. The van der Waals surface area contributed by atoms with E-state index in [4.69, 9.17) is 23.2 Å². The molecule has 2 N–H and O–H groups in total. The lowest BCUT2D eigenvalue weighted by atomic mass is 9.87. The smallest absolute Gasteiger partial charge is 0.261 e. The Morgan fingerprint density at radius 1 is 1.30 bits per heavy atom. The number of aliphatic hydroxyl groups is 1. The van der Waals surface area contributed by atoms with Gasteiger partial charge in [-0.2, -0.15) is 0 Å². The van der Waals surface area contributed by atoms with Gasteiger partial charge < -0.3 is 10.4 Å². The van der Waals surface area contributed by atoms with Crippen LogP contribution in [0.4, 0.5) is 10.1 Å². The molecule has 2 aliphatic rings. The fourth-order valence-corrected chi connectivity index (χ4v) is 4.19. The predicted molar refractivity (Wildman–Crippen MR) is 101 cm³/mol. The van der Waals surface area contributed by atoms with Crippen molar-refractivity contribution < 1.29 is 19.1 Å². The van der Waals surface area contributed by atoms with E-state index in [2.05, 4.69) is 5.32 Å². The van der Waals surface area contributed by atoms with Gasteiger partial charge in [0.2, 0.25) is 0 Å². The van der Waals surface area contributed by atoms with Crippen molar-refractivity contribution >= 4 is 40.6 Å². The van der Waals surface area contributed by atoms with E-state index in [0.717, 1.165) is 6.42 Å². The molecule has 1 saturated carbocycles. The number of carbonyl (C=O) groups is 2. The maximum atomic E-state index is 14.4. The zero-order chi connectivity index (χ0) is 19.5. The van der Waals surface area contributed by atoms with Gasteiger partial charge >= 0.3 is 0 Å². The Morgan fingerprint density at radius 2 is 1.96 bits per heavy atom. The SMILES string of the molecule is CC1CC1c1ccc(C(=O)CC2(O)C(=O)Nc3c(Cl)ccc(Cl)c32)cc1F. The molecule has 1 fully saturated rings. The number of rotatable bonds is 4. The van der Waals surface area contributed by atoms with Gasteiger partial charge in [0.25, 0.3) is 5.91 Å². The normalized spacial score (nSPS) is 25.9. The van der Waals surface area contributed by atoms with Crippen LogP contribution in [0, 0.1) is 11.7 Å². The average molecular weight is 408 g/mol. The lowest BCUT2D eigenvalue weighted by Gasteiger charge is -2.21. The zero-order valence-corrected chi connectivity index (χ0v) is 15.9. The first kappa shape index (κ1) is 18.4. The van der Waals surface area contributed by atoms with Gasteiger partial charge in [-0.1, -0.05) is 42.3 Å². The third-order valence-electron chi connectivity index (χ3n) is 5.38. The summed E-state index contributed by atoms with van der Waals surface area (Å²) in [4.78, 5) is 25.1. The fourth-order valence-electron chi connectivity index (χ4n) is 3.67. The summed E-state index contributed by atoms with van der Waals surface area (Å²) < 4.78 is 14.4. The van der Waals surface area contributed by atoms with Crippen LogP contribution in [0.1, 0.15) is 47.2 Å². The van der Waals surface area contributed by atoms with Crippen molar-refractivity contribution in [2.24, 2.45) is 5.92 Å². The fraction of sp³-hybridized carbons (Fsp3) is 0.300. The molecule has 2 aromatic rings. The zero-order valence-electron chi connectivity index (χ0n) is 14.4. The molecule has 0 aromatic heterocycles. The number of carbonyl (C=O) groups excluding carboxylic acids is 2. The van der Waals surface area contributed by atoms with Gasteiger partial charge in [0.1, 0.15) is 5.82 Å². The van der Waals surface area contributed by atoms with E-state index in [1.807, 2.05) is 6.92 Å². The first-order valence-corrected chi connectivity index (χ1v) is 9.33. The molecule has 0 bridgehead atoms. The van der Waals surface area contributed by atoms with Gasteiger partial charge in [-0.3, -0.25) is 9.59 Å². The highest BCUT2D eigenvalue weighted by molar-refractivity contribution is 6.38. The van der Waals surface area contributed by atoms with E-state index in [9.17, 15) is 19.1 Å². The number of halogens is 3. The van der Waals surface area contributed by atoms with Crippen molar-refractivity contribution in [3.63, 3.8) is 0 Å². The van der Waals surface area contributed by atoms with Gasteiger partial charge in [-0.25, -0.2) is 4.39 Å². The van der Waals surface area contributed by atoms with Crippen LogP contribution in [0.3, 0.4) is 0 Å². The van der Waals surface area contributed by atoms with Crippen LogP contribution in [0.25, 0.3) is 0 Å². The predicted octanol–water partition coefficient (Wildman–Crippen LogP) is 4.67. The highest BCUT2D eigenvalue weighted by atomic mass is 35.5. The van der Waals surface area contributed by atoms with Crippen molar-refractivity contribution in [2.45, 2.75) is 31.3 Å². The second-order valence-corrected chi connectivity index (χ2v) is 8.06. The topological polar surface area (TPSA) is 66.4 Å². The standard InChI is InChI=1S/C20H16Cl2FNO3/c1-9-6-12(9)11-3-2-10(7-15(11)23)16(25)8-20(27)17-13(21)4-5-14(22)18(17)24-19(20)26/h2-5,7,9,12,27H,6,8H2,1H3,(H,24,26). The van der Waals surface area contributed by atoms with Crippen LogP contribution >= 0.6 is 23.2 Å². The Balaban J connectivity index is 1.65. The van der Waals surface area contributed by atoms with Crippen molar-refractivity contribution in [1.29, 1.82) is 0 Å². The summed E-state index contributed by atoms with van der Waals surface area (Å²) in [5.41, 5.74) is -1.21. The molecule has 0 radical (unpaired) electrons. The van der Waals surface area contributed by atoms with Gasteiger partial charge in [0.15, 0.2) is 11.4 Å². The molecule has 3 unspecified atom stereocenters. The molecular formula is C20H16Cl2FNO3. The highest BCUT2D eigenvalue weighted by Crippen LogP contribution is 2.48. The number of benzene rings is 2. The Bertz CT molecular complexity index is 993. The Hall–Kier alpha value is -1.95. The lowest BCUT2D eigenvalue weighted by Crippen LogP contribution is -2.36. The quantitative estimate of drug-likeness (QED) is 0.723. The average Bonchev–Trinajstić information content (AvgIpc) is 3.27. The van der Waals surface area contributed by atoms with Gasteiger partial charge in [0.05, 0.1) is 17.1 Å². The summed E-state index contributed by atoms with van der Waals surface area (Å²) in [5.74, 6) is -1.17. The van der Waals surface area contributed by atoms with Gasteiger partial charge in [-0.05, 0) is 42.0 Å². The van der Waals surface area contributed by atoms with Crippen molar-refractivity contribution in [2.75, 3.05) is 5.32 Å². The van der Waals surface area contributed by atoms with E-state index >= 15 is 0 Å². The maximum Gasteiger partial charge on any atom is 0.261 e. The number of ketones is 1. The molecule has 140 valence electrons. The number of Topliss-reactive ketones (excluding diaryl/α,β-unsaturated/α-hetero) is 1. The van der Waals surface area contributed by atoms with Crippen LogP contribution in [0.5, 0.6) is 0 Å². The van der Waals surface area contributed by atoms with E-state index in [1.165, 1.54) is 24.3 Å². The van der Waals surface area contributed by atoms with Gasteiger partial charge in [0, 0.05) is 16.1 Å². The molecule has 1 amide bonds. The number of hydrogen-bond acceptors (Lipinski definition) is 3. The highest BCUT2D eigenvalue weighted by Gasteiger charge is 2.49. The van der Waals surface area contributed by atoms with E-state index in [0.29, 0.717) is 11.5 Å². The molecule has 7 heteroatoms. The summed E-state index contributed by atoms with van der Waals surface area (Å²) in [6, 6.07) is 7.24. The summed E-state index contributed by atoms with van der Waals surface area (Å²) in [7, 11) is 0. The number of nitrogens with one attached hydrogen (secondary N) is 1. The molecular weight excluding hydrogens is 392 g/mol. The summed E-state index contributed by atoms with van der Waals surface area (Å²) in [5, 5.41) is 13.7. The van der Waals surface area contributed by atoms with E-state index in [1.54, 1.807) is 6.07 Å². The second-order valence-electron chi connectivity index (χ2n) is 7.25. The van der Waals surface area contributed by atoms with E-state index < -0.39 is 29.5 Å². The Morgan fingerprint density at radius 3 is 2.59 bits per heavy atom. The molecule has 1 aliphatic carbocycles. The molecule has 4 rings (SSSR count). The summed E-state index contributed by atoms with van der Waals surface area (Å²) in [6.45, 7) is 2.05. The number of anilines is 1. The molecule has 1 heterocycles. The Labute approximate surface area is 165 Å². The minimum Gasteiger partial charge on any atom is -0.375 e. The summed E-state index contributed by atoms with van der Waals surface area (Å²) >= 11 is 12.2. The minimum absolute atomic E-state index is 0.0684.